The minimum absolute atomic E-state index is 0.0248. The van der Waals surface area contributed by atoms with Crippen LogP contribution in [0.5, 0.6) is 0 Å². The topological polar surface area (TPSA) is 76.1 Å². The van der Waals surface area contributed by atoms with Gasteiger partial charge >= 0.3 is 6.03 Å². The fourth-order valence-corrected chi connectivity index (χ4v) is 2.53. The summed E-state index contributed by atoms with van der Waals surface area (Å²) in [5.74, 6) is 0.437. The SMILES string of the molecule is O=C(Nc1cccnn1)NC1CCOC(c2ccccc2)C1. The van der Waals surface area contributed by atoms with Crippen LogP contribution < -0.4 is 10.6 Å². The van der Waals surface area contributed by atoms with Gasteiger partial charge in [0.25, 0.3) is 0 Å². The number of anilines is 1. The van der Waals surface area contributed by atoms with Crippen molar-refractivity contribution < 1.29 is 9.53 Å². The molecular formula is C16H18N4O2. The number of nitrogens with one attached hydrogen (secondary N) is 2. The number of ether oxygens (including phenoxy) is 1. The number of urea groups is 1. The number of benzene rings is 1. The molecule has 3 rings (SSSR count). The van der Waals surface area contributed by atoms with Gasteiger partial charge in [0.15, 0.2) is 5.82 Å². The van der Waals surface area contributed by atoms with Crippen LogP contribution in [0.2, 0.25) is 0 Å². The minimum atomic E-state index is -0.265. The third-order valence-electron chi connectivity index (χ3n) is 3.60. The van der Waals surface area contributed by atoms with Crippen LogP contribution in [0.3, 0.4) is 0 Å². The lowest BCUT2D eigenvalue weighted by Gasteiger charge is -2.30. The average molecular weight is 298 g/mol. The van der Waals surface area contributed by atoms with E-state index in [0.29, 0.717) is 12.4 Å². The van der Waals surface area contributed by atoms with Gasteiger partial charge in [-0.25, -0.2) is 4.79 Å². The van der Waals surface area contributed by atoms with E-state index in [9.17, 15) is 4.79 Å². The van der Waals surface area contributed by atoms with Crippen molar-refractivity contribution in [3.63, 3.8) is 0 Å². The Kier molecular flexibility index (Phi) is 4.60. The second kappa shape index (κ2) is 7.00. The molecule has 2 N–H and O–H groups in total. The van der Waals surface area contributed by atoms with E-state index in [-0.39, 0.29) is 18.2 Å². The molecule has 0 radical (unpaired) electrons. The van der Waals surface area contributed by atoms with Crippen molar-refractivity contribution >= 4 is 11.8 Å². The van der Waals surface area contributed by atoms with Crippen LogP contribution in [0.25, 0.3) is 0 Å². The van der Waals surface area contributed by atoms with Crippen molar-refractivity contribution in [1.29, 1.82) is 0 Å². The summed E-state index contributed by atoms with van der Waals surface area (Å²) in [7, 11) is 0. The van der Waals surface area contributed by atoms with Crippen molar-refractivity contribution in [2.24, 2.45) is 0 Å². The molecule has 1 aromatic carbocycles. The lowest BCUT2D eigenvalue weighted by molar-refractivity contribution is 0.00253. The summed E-state index contributed by atoms with van der Waals surface area (Å²) < 4.78 is 5.80. The van der Waals surface area contributed by atoms with E-state index in [2.05, 4.69) is 20.8 Å². The molecule has 2 unspecified atom stereocenters. The number of amides is 2. The van der Waals surface area contributed by atoms with Gasteiger partial charge in [-0.05, 0) is 30.5 Å². The van der Waals surface area contributed by atoms with Gasteiger partial charge < -0.3 is 10.1 Å². The highest BCUT2D eigenvalue weighted by Gasteiger charge is 2.25. The summed E-state index contributed by atoms with van der Waals surface area (Å²) >= 11 is 0. The van der Waals surface area contributed by atoms with Crippen LogP contribution in [0, 0.1) is 0 Å². The molecule has 2 aromatic rings. The van der Waals surface area contributed by atoms with Gasteiger partial charge in [0.1, 0.15) is 0 Å². The Hall–Kier alpha value is -2.47. The molecular weight excluding hydrogens is 280 g/mol. The van der Waals surface area contributed by atoms with Crippen LogP contribution in [0.1, 0.15) is 24.5 Å². The number of carbonyl (C=O) groups is 1. The van der Waals surface area contributed by atoms with E-state index in [4.69, 9.17) is 4.74 Å². The predicted octanol–water partition coefficient (Wildman–Crippen LogP) is 2.52. The highest BCUT2D eigenvalue weighted by Crippen LogP contribution is 2.27. The molecule has 22 heavy (non-hydrogen) atoms. The van der Waals surface area contributed by atoms with Gasteiger partial charge in [-0.3, -0.25) is 5.32 Å². The number of carbonyl (C=O) groups excluding carboxylic acids is 1. The van der Waals surface area contributed by atoms with Crippen LogP contribution in [-0.2, 0) is 4.74 Å². The number of hydrogen-bond acceptors (Lipinski definition) is 4. The lowest BCUT2D eigenvalue weighted by atomic mass is 9.97. The molecule has 0 bridgehead atoms. The first-order valence-electron chi connectivity index (χ1n) is 7.33. The third kappa shape index (κ3) is 3.79. The van der Waals surface area contributed by atoms with E-state index in [0.717, 1.165) is 18.4 Å². The van der Waals surface area contributed by atoms with Crippen molar-refractivity contribution in [2.75, 3.05) is 11.9 Å². The predicted molar refractivity (Wildman–Crippen MR) is 82.3 cm³/mol. The van der Waals surface area contributed by atoms with Gasteiger partial charge in [-0.15, -0.1) is 5.10 Å². The fourth-order valence-electron chi connectivity index (χ4n) is 2.53. The first kappa shape index (κ1) is 14.5. The zero-order valence-corrected chi connectivity index (χ0v) is 12.1. The van der Waals surface area contributed by atoms with Crippen molar-refractivity contribution in [1.82, 2.24) is 15.5 Å². The largest absolute Gasteiger partial charge is 0.373 e. The first-order chi connectivity index (χ1) is 10.8. The molecule has 0 spiro atoms. The Morgan fingerprint density at radius 3 is 2.82 bits per heavy atom. The molecule has 1 aliphatic rings. The monoisotopic (exact) mass is 298 g/mol. The quantitative estimate of drug-likeness (QED) is 0.913. The number of rotatable bonds is 3. The summed E-state index contributed by atoms with van der Waals surface area (Å²) in [5, 5.41) is 13.2. The van der Waals surface area contributed by atoms with E-state index in [1.165, 1.54) is 0 Å². The van der Waals surface area contributed by atoms with Gasteiger partial charge in [-0.2, -0.15) is 5.10 Å². The molecule has 1 aromatic heterocycles. The number of aromatic nitrogens is 2. The molecule has 6 heteroatoms. The van der Waals surface area contributed by atoms with E-state index in [1.807, 2.05) is 30.3 Å². The summed E-state index contributed by atoms with van der Waals surface area (Å²) in [4.78, 5) is 12.0. The molecule has 6 nitrogen and oxygen atoms in total. The number of hydrogen-bond donors (Lipinski definition) is 2. The summed E-state index contributed by atoms with van der Waals surface area (Å²) in [6, 6.07) is 13.3. The lowest BCUT2D eigenvalue weighted by Crippen LogP contribution is -2.42. The van der Waals surface area contributed by atoms with Gasteiger partial charge in [0.05, 0.1) is 6.10 Å². The molecule has 2 atom stereocenters. The summed E-state index contributed by atoms with van der Waals surface area (Å²) in [5.41, 5.74) is 1.14. The maximum absolute atomic E-state index is 12.0. The van der Waals surface area contributed by atoms with Crippen molar-refractivity contribution in [2.45, 2.75) is 25.0 Å². The van der Waals surface area contributed by atoms with Crippen LogP contribution in [0.15, 0.2) is 48.7 Å². The molecule has 0 saturated carbocycles. The third-order valence-corrected chi connectivity index (χ3v) is 3.60. The van der Waals surface area contributed by atoms with Crippen LogP contribution in [0.4, 0.5) is 10.6 Å². The van der Waals surface area contributed by atoms with E-state index >= 15 is 0 Å². The zero-order chi connectivity index (χ0) is 15.2. The minimum Gasteiger partial charge on any atom is -0.373 e. The normalized spacial score (nSPS) is 21.1. The Bertz CT molecular complexity index is 606. The van der Waals surface area contributed by atoms with Crippen LogP contribution in [-0.4, -0.2) is 28.9 Å². The first-order valence-corrected chi connectivity index (χ1v) is 7.33. The molecule has 1 fully saturated rings. The summed E-state index contributed by atoms with van der Waals surface area (Å²) in [6.45, 7) is 0.635. The van der Waals surface area contributed by atoms with E-state index < -0.39 is 0 Å². The van der Waals surface area contributed by atoms with Gasteiger partial charge in [-0.1, -0.05) is 30.3 Å². The maximum atomic E-state index is 12.0. The highest BCUT2D eigenvalue weighted by molar-refractivity contribution is 5.88. The average Bonchev–Trinajstić information content (AvgIpc) is 2.57. The Morgan fingerprint density at radius 1 is 1.18 bits per heavy atom. The van der Waals surface area contributed by atoms with Crippen molar-refractivity contribution in [3.05, 3.63) is 54.2 Å². The number of nitrogens with zero attached hydrogens (tertiary/aromatic N) is 2. The zero-order valence-electron chi connectivity index (χ0n) is 12.1. The van der Waals surface area contributed by atoms with Crippen molar-refractivity contribution in [3.8, 4) is 0 Å². The standard InChI is InChI=1S/C16H18N4O2/c21-16(19-15-7-4-9-17-20-15)18-13-8-10-22-14(11-13)12-5-2-1-3-6-12/h1-7,9,13-14H,8,10-11H2,(H2,18,19,20,21). The molecule has 0 aliphatic carbocycles. The van der Waals surface area contributed by atoms with Gasteiger partial charge in [0.2, 0.25) is 0 Å². The second-order valence-corrected chi connectivity index (χ2v) is 5.20. The smallest absolute Gasteiger partial charge is 0.320 e. The maximum Gasteiger partial charge on any atom is 0.320 e. The molecule has 1 saturated heterocycles. The Balaban J connectivity index is 1.55. The summed E-state index contributed by atoms with van der Waals surface area (Å²) in [6.07, 6.45) is 3.15. The molecule has 114 valence electrons. The molecule has 2 heterocycles. The highest BCUT2D eigenvalue weighted by atomic mass is 16.5. The second-order valence-electron chi connectivity index (χ2n) is 5.20. The molecule has 1 aliphatic heterocycles. The van der Waals surface area contributed by atoms with E-state index in [1.54, 1.807) is 18.3 Å². The fraction of sp³-hybridized carbons (Fsp3) is 0.312. The Labute approximate surface area is 128 Å². The molecule has 2 amide bonds. The van der Waals surface area contributed by atoms with Gasteiger partial charge in [0, 0.05) is 18.8 Å². The Morgan fingerprint density at radius 2 is 2.05 bits per heavy atom. The van der Waals surface area contributed by atoms with Crippen LogP contribution >= 0.6 is 0 Å².